The van der Waals surface area contributed by atoms with Crippen molar-refractivity contribution in [2.75, 3.05) is 0 Å². The Kier molecular flexibility index (Phi) is 5.33. The van der Waals surface area contributed by atoms with Gasteiger partial charge < -0.3 is 9.73 Å². The van der Waals surface area contributed by atoms with Crippen LogP contribution in [-0.4, -0.2) is 17.7 Å². The van der Waals surface area contributed by atoms with E-state index in [2.05, 4.69) is 5.32 Å². The molecule has 1 amide bonds. The lowest BCUT2D eigenvalue weighted by atomic mass is 10.1. The summed E-state index contributed by atoms with van der Waals surface area (Å²) in [5.74, 6) is 0.574. The lowest BCUT2D eigenvalue weighted by Gasteiger charge is -2.06. The van der Waals surface area contributed by atoms with Crippen molar-refractivity contribution in [2.45, 2.75) is 26.8 Å². The molecule has 5 nitrogen and oxygen atoms in total. The monoisotopic (exact) mass is 322 g/mol. The second kappa shape index (κ2) is 7.42. The van der Waals surface area contributed by atoms with Gasteiger partial charge in [0.2, 0.25) is 0 Å². The molecule has 2 rings (SSSR count). The number of nitriles is 1. The van der Waals surface area contributed by atoms with E-state index in [4.69, 9.17) is 9.68 Å². The molecule has 122 valence electrons. The van der Waals surface area contributed by atoms with Crippen molar-refractivity contribution < 1.29 is 14.0 Å². The number of rotatable bonds is 5. The fourth-order valence-corrected chi connectivity index (χ4v) is 2.09. The van der Waals surface area contributed by atoms with Crippen LogP contribution < -0.4 is 5.32 Å². The lowest BCUT2D eigenvalue weighted by Crippen LogP contribution is -2.30. The molecule has 0 unspecified atom stereocenters. The molecule has 0 bridgehead atoms. The molecule has 5 heteroatoms. The number of benzene rings is 1. The molecule has 0 atom stereocenters. The highest BCUT2D eigenvalue weighted by Gasteiger charge is 2.12. The van der Waals surface area contributed by atoms with Crippen molar-refractivity contribution in [3.8, 4) is 17.4 Å². The van der Waals surface area contributed by atoms with Gasteiger partial charge in [-0.15, -0.1) is 0 Å². The standard InChI is InChI=1S/C19H18N2O3/c1-12(2)21-19(23)16(11-20)10-17-8-9-18(24-17)15-6-4-14(5-7-15)13(3)22/h4-10,12H,1-3H3,(H,21,23)/b16-10-. The molecule has 1 aromatic heterocycles. The van der Waals surface area contributed by atoms with E-state index in [0.29, 0.717) is 17.1 Å². The smallest absolute Gasteiger partial charge is 0.262 e. The molecule has 0 saturated heterocycles. The molecule has 1 heterocycles. The van der Waals surface area contributed by atoms with E-state index in [1.807, 2.05) is 19.9 Å². The second-order valence-electron chi connectivity index (χ2n) is 5.63. The zero-order valence-corrected chi connectivity index (χ0v) is 13.8. The molecular weight excluding hydrogens is 304 g/mol. The lowest BCUT2D eigenvalue weighted by molar-refractivity contribution is -0.117. The fourth-order valence-electron chi connectivity index (χ4n) is 2.09. The van der Waals surface area contributed by atoms with E-state index in [9.17, 15) is 9.59 Å². The van der Waals surface area contributed by atoms with Gasteiger partial charge in [-0.1, -0.05) is 24.3 Å². The number of nitrogens with zero attached hydrogens (tertiary/aromatic N) is 1. The van der Waals surface area contributed by atoms with E-state index >= 15 is 0 Å². The van der Waals surface area contributed by atoms with Gasteiger partial charge in [0, 0.05) is 23.2 Å². The van der Waals surface area contributed by atoms with Crippen molar-refractivity contribution >= 4 is 17.8 Å². The van der Waals surface area contributed by atoms with Crippen LogP contribution in [0.1, 0.15) is 36.9 Å². The molecule has 0 aliphatic heterocycles. The number of carbonyl (C=O) groups excluding carboxylic acids is 2. The average Bonchev–Trinajstić information content (AvgIpc) is 3.00. The Balaban J connectivity index is 2.23. The van der Waals surface area contributed by atoms with Crippen molar-refractivity contribution in [1.29, 1.82) is 5.26 Å². The summed E-state index contributed by atoms with van der Waals surface area (Å²) in [6.07, 6.45) is 1.41. The predicted molar refractivity (Wildman–Crippen MR) is 91.0 cm³/mol. The molecule has 2 aromatic rings. The topological polar surface area (TPSA) is 83.1 Å². The van der Waals surface area contributed by atoms with Gasteiger partial charge in [-0.05, 0) is 32.9 Å². The van der Waals surface area contributed by atoms with E-state index in [0.717, 1.165) is 5.56 Å². The first kappa shape index (κ1) is 17.2. The normalized spacial score (nSPS) is 11.2. The Bertz CT molecular complexity index is 821. The van der Waals surface area contributed by atoms with E-state index in [-0.39, 0.29) is 17.4 Å². The van der Waals surface area contributed by atoms with Gasteiger partial charge in [0.25, 0.3) is 5.91 Å². The van der Waals surface area contributed by atoms with Crippen LogP contribution in [0.5, 0.6) is 0 Å². The summed E-state index contributed by atoms with van der Waals surface area (Å²) in [7, 11) is 0. The number of hydrogen-bond acceptors (Lipinski definition) is 4. The number of nitrogens with one attached hydrogen (secondary N) is 1. The average molecular weight is 322 g/mol. The summed E-state index contributed by atoms with van der Waals surface area (Å²) in [6, 6.07) is 12.3. The molecule has 1 N–H and O–H groups in total. The third-order valence-corrected chi connectivity index (χ3v) is 3.27. The summed E-state index contributed by atoms with van der Waals surface area (Å²) in [5, 5.41) is 11.8. The Morgan fingerprint density at radius 3 is 2.38 bits per heavy atom. The van der Waals surface area contributed by atoms with Gasteiger partial charge in [-0.2, -0.15) is 5.26 Å². The first-order chi connectivity index (χ1) is 11.4. The van der Waals surface area contributed by atoms with Gasteiger partial charge in [-0.25, -0.2) is 0 Å². The van der Waals surface area contributed by atoms with E-state index in [1.165, 1.54) is 13.0 Å². The van der Waals surface area contributed by atoms with Gasteiger partial charge >= 0.3 is 0 Å². The number of amides is 1. The van der Waals surface area contributed by atoms with Crippen molar-refractivity contribution in [2.24, 2.45) is 0 Å². The quantitative estimate of drug-likeness (QED) is 0.518. The SMILES string of the molecule is CC(=O)c1ccc(-c2ccc(/C=C(/C#N)C(=O)NC(C)C)o2)cc1. The Morgan fingerprint density at radius 1 is 1.17 bits per heavy atom. The van der Waals surface area contributed by atoms with Crippen LogP contribution in [0.2, 0.25) is 0 Å². The molecule has 24 heavy (non-hydrogen) atoms. The molecule has 0 aliphatic rings. The summed E-state index contributed by atoms with van der Waals surface area (Å²) >= 11 is 0. The second-order valence-corrected chi connectivity index (χ2v) is 5.63. The maximum atomic E-state index is 11.9. The number of hydrogen-bond donors (Lipinski definition) is 1. The van der Waals surface area contributed by atoms with Crippen molar-refractivity contribution in [3.05, 3.63) is 53.3 Å². The minimum Gasteiger partial charge on any atom is -0.457 e. The number of Topliss-reactive ketones (excluding diaryl/α,β-unsaturated/α-hetero) is 1. The molecule has 0 saturated carbocycles. The van der Waals surface area contributed by atoms with Gasteiger partial charge in [0.15, 0.2) is 5.78 Å². The summed E-state index contributed by atoms with van der Waals surface area (Å²) in [6.45, 7) is 5.15. The molecule has 0 aliphatic carbocycles. The van der Waals surface area contributed by atoms with Crippen LogP contribution in [0, 0.1) is 11.3 Å². The maximum absolute atomic E-state index is 11.9. The number of ketones is 1. The van der Waals surface area contributed by atoms with Crippen LogP contribution in [0.4, 0.5) is 0 Å². The minimum absolute atomic E-state index is 0.000515. The van der Waals surface area contributed by atoms with Crippen LogP contribution >= 0.6 is 0 Å². The first-order valence-electron chi connectivity index (χ1n) is 7.54. The van der Waals surface area contributed by atoms with Crippen LogP contribution in [0.3, 0.4) is 0 Å². The van der Waals surface area contributed by atoms with E-state index in [1.54, 1.807) is 36.4 Å². The predicted octanol–water partition coefficient (Wildman–Crippen LogP) is 3.58. The highest BCUT2D eigenvalue weighted by Crippen LogP contribution is 2.24. The Morgan fingerprint density at radius 2 is 1.83 bits per heavy atom. The van der Waals surface area contributed by atoms with Crippen LogP contribution in [0.15, 0.2) is 46.4 Å². The van der Waals surface area contributed by atoms with Crippen LogP contribution in [-0.2, 0) is 4.79 Å². The third-order valence-electron chi connectivity index (χ3n) is 3.27. The van der Waals surface area contributed by atoms with Crippen molar-refractivity contribution in [3.63, 3.8) is 0 Å². The molecule has 1 aromatic carbocycles. The molecule has 0 spiro atoms. The highest BCUT2D eigenvalue weighted by molar-refractivity contribution is 6.01. The Hall–Kier alpha value is -3.13. The van der Waals surface area contributed by atoms with Crippen molar-refractivity contribution in [1.82, 2.24) is 5.32 Å². The Labute approximate surface area is 140 Å². The molecule has 0 fully saturated rings. The zero-order chi connectivity index (χ0) is 17.7. The van der Waals surface area contributed by atoms with Crippen LogP contribution in [0.25, 0.3) is 17.4 Å². The van der Waals surface area contributed by atoms with Gasteiger partial charge in [0.1, 0.15) is 23.2 Å². The third kappa shape index (κ3) is 4.20. The number of furan rings is 1. The largest absolute Gasteiger partial charge is 0.457 e. The minimum atomic E-state index is -0.434. The fraction of sp³-hybridized carbons (Fsp3) is 0.211. The zero-order valence-electron chi connectivity index (χ0n) is 13.8. The summed E-state index contributed by atoms with van der Waals surface area (Å²) in [4.78, 5) is 23.2. The summed E-state index contributed by atoms with van der Waals surface area (Å²) < 4.78 is 5.67. The van der Waals surface area contributed by atoms with Gasteiger partial charge in [-0.3, -0.25) is 9.59 Å². The number of carbonyl (C=O) groups is 2. The van der Waals surface area contributed by atoms with E-state index < -0.39 is 5.91 Å². The molecule has 0 radical (unpaired) electrons. The summed E-state index contributed by atoms with van der Waals surface area (Å²) in [5.41, 5.74) is 1.42. The first-order valence-corrected chi connectivity index (χ1v) is 7.54. The van der Waals surface area contributed by atoms with Gasteiger partial charge in [0.05, 0.1) is 0 Å². The maximum Gasteiger partial charge on any atom is 0.262 e. The highest BCUT2D eigenvalue weighted by atomic mass is 16.3. The molecular formula is C19H18N2O3.